The lowest BCUT2D eigenvalue weighted by Gasteiger charge is -2.36. The molecule has 0 saturated heterocycles. The third kappa shape index (κ3) is 4.03. The van der Waals surface area contributed by atoms with Crippen molar-refractivity contribution >= 4 is 17.5 Å². The fourth-order valence-corrected chi connectivity index (χ4v) is 4.07. The molecule has 0 bridgehead atoms. The number of benzene rings is 1. The summed E-state index contributed by atoms with van der Waals surface area (Å²) in [6.07, 6.45) is 3.76. The number of Topliss-reactive ketones (excluding diaryl/α,β-unsaturated/α-hetero) is 1. The molecule has 2 aliphatic rings. The Morgan fingerprint density at radius 2 is 1.86 bits per heavy atom. The van der Waals surface area contributed by atoms with Crippen LogP contribution in [0.1, 0.15) is 64.4 Å². The van der Waals surface area contributed by atoms with E-state index < -0.39 is 11.8 Å². The molecule has 1 heterocycles. The van der Waals surface area contributed by atoms with Gasteiger partial charge in [0.2, 0.25) is 0 Å². The number of hydrogen-bond donors (Lipinski definition) is 0. The molecule has 0 N–H and O–H groups in total. The minimum Gasteiger partial charge on any atom is -0.493 e. The highest BCUT2D eigenvalue weighted by atomic mass is 16.5. The number of ketones is 1. The molecule has 1 fully saturated rings. The fourth-order valence-electron chi connectivity index (χ4n) is 4.07. The number of rotatable bonds is 7. The third-order valence-electron chi connectivity index (χ3n) is 5.28. The smallest absolute Gasteiger partial charge is 0.336 e. The van der Waals surface area contributed by atoms with Crippen molar-refractivity contribution in [2.24, 2.45) is 10.9 Å². The number of carbonyl (C=O) groups is 2. The van der Waals surface area contributed by atoms with Crippen LogP contribution in [0.3, 0.4) is 0 Å². The van der Waals surface area contributed by atoms with Gasteiger partial charge in [0, 0.05) is 29.3 Å². The number of nitrogens with zero attached hydrogens (tertiary/aromatic N) is 1. The van der Waals surface area contributed by atoms with Gasteiger partial charge in [0.15, 0.2) is 0 Å². The molecular formula is C23H29NO4. The van der Waals surface area contributed by atoms with Crippen molar-refractivity contribution in [2.75, 3.05) is 13.2 Å². The Hall–Kier alpha value is -2.43. The molecule has 3 rings (SSSR count). The van der Waals surface area contributed by atoms with Gasteiger partial charge in [-0.25, -0.2) is 4.79 Å². The van der Waals surface area contributed by atoms with E-state index in [-0.39, 0.29) is 11.8 Å². The molecular weight excluding hydrogens is 354 g/mol. The second-order valence-electron chi connectivity index (χ2n) is 7.40. The second kappa shape index (κ2) is 9.18. The molecule has 0 amide bonds. The van der Waals surface area contributed by atoms with E-state index in [0.29, 0.717) is 30.9 Å². The molecule has 0 radical (unpaired) electrons. The van der Waals surface area contributed by atoms with Crippen LogP contribution < -0.4 is 4.74 Å². The molecule has 150 valence electrons. The van der Waals surface area contributed by atoms with E-state index in [1.54, 1.807) is 0 Å². The summed E-state index contributed by atoms with van der Waals surface area (Å²) in [6.45, 7) is 6.79. The number of aliphatic imine (C=N–C) groups is 1. The Morgan fingerprint density at radius 1 is 1.11 bits per heavy atom. The summed E-state index contributed by atoms with van der Waals surface area (Å²) < 4.78 is 11.4. The first kappa shape index (κ1) is 20.3. The summed E-state index contributed by atoms with van der Waals surface area (Å²) in [5, 5.41) is 0. The highest BCUT2D eigenvalue weighted by molar-refractivity contribution is 6.11. The third-order valence-corrected chi connectivity index (χ3v) is 5.28. The van der Waals surface area contributed by atoms with Gasteiger partial charge in [0.05, 0.1) is 24.7 Å². The number of carbonyl (C=O) groups excluding carboxylic acids is 2. The van der Waals surface area contributed by atoms with Crippen LogP contribution in [-0.4, -0.2) is 30.7 Å². The molecule has 1 aromatic carbocycles. The van der Waals surface area contributed by atoms with E-state index in [2.05, 4.69) is 11.9 Å². The number of ether oxygens (including phenoxy) is 2. The van der Waals surface area contributed by atoms with Gasteiger partial charge < -0.3 is 9.47 Å². The number of esters is 1. The quantitative estimate of drug-likeness (QED) is 0.645. The number of allylic oxidation sites excluding steroid dienone is 1. The maximum Gasteiger partial charge on any atom is 0.336 e. The van der Waals surface area contributed by atoms with Gasteiger partial charge in [-0.15, -0.1) is 0 Å². The van der Waals surface area contributed by atoms with E-state index in [1.807, 2.05) is 38.1 Å². The van der Waals surface area contributed by atoms with Gasteiger partial charge >= 0.3 is 5.97 Å². The predicted octanol–water partition coefficient (Wildman–Crippen LogP) is 4.61. The number of fused-ring (bicyclic) bond motifs is 1. The van der Waals surface area contributed by atoms with Gasteiger partial charge in [-0.05, 0) is 38.7 Å². The molecule has 1 saturated carbocycles. The van der Waals surface area contributed by atoms with Gasteiger partial charge in [-0.2, -0.15) is 0 Å². The zero-order chi connectivity index (χ0) is 20.1. The lowest BCUT2D eigenvalue weighted by Crippen LogP contribution is -2.39. The molecule has 2 atom stereocenters. The van der Waals surface area contributed by atoms with Crippen molar-refractivity contribution in [3.8, 4) is 5.75 Å². The molecule has 1 aliphatic heterocycles. The lowest BCUT2D eigenvalue weighted by molar-refractivity contribution is -0.139. The molecule has 2 unspecified atom stereocenters. The summed E-state index contributed by atoms with van der Waals surface area (Å²) in [6, 6.07) is 7.72. The first-order valence-corrected chi connectivity index (χ1v) is 10.3. The molecule has 0 spiro atoms. The van der Waals surface area contributed by atoms with Crippen LogP contribution in [0, 0.1) is 5.92 Å². The average Bonchev–Trinajstić information content (AvgIpc) is 2.70. The van der Waals surface area contributed by atoms with Crippen LogP contribution in [0.15, 0.2) is 40.5 Å². The van der Waals surface area contributed by atoms with Crippen LogP contribution in [0.2, 0.25) is 0 Å². The average molecular weight is 383 g/mol. The van der Waals surface area contributed by atoms with Crippen molar-refractivity contribution in [2.45, 2.75) is 58.8 Å². The first-order valence-electron chi connectivity index (χ1n) is 10.3. The Balaban J connectivity index is 2.11. The van der Waals surface area contributed by atoms with Crippen LogP contribution in [0.4, 0.5) is 0 Å². The van der Waals surface area contributed by atoms with E-state index in [4.69, 9.17) is 9.47 Å². The van der Waals surface area contributed by atoms with Crippen molar-refractivity contribution in [3.63, 3.8) is 0 Å². The van der Waals surface area contributed by atoms with Gasteiger partial charge in [-0.3, -0.25) is 9.79 Å². The van der Waals surface area contributed by atoms with Crippen molar-refractivity contribution in [1.29, 1.82) is 0 Å². The monoisotopic (exact) mass is 383 g/mol. The minimum atomic E-state index is -0.409. The van der Waals surface area contributed by atoms with Crippen molar-refractivity contribution < 1.29 is 19.1 Å². The first-order chi connectivity index (χ1) is 13.6. The Morgan fingerprint density at radius 3 is 2.61 bits per heavy atom. The van der Waals surface area contributed by atoms with E-state index in [0.717, 1.165) is 42.7 Å². The summed E-state index contributed by atoms with van der Waals surface area (Å²) in [5.41, 5.74) is 2.89. The Labute approximate surface area is 166 Å². The second-order valence-corrected chi connectivity index (χ2v) is 7.40. The minimum absolute atomic E-state index is 0.147. The van der Waals surface area contributed by atoms with E-state index >= 15 is 0 Å². The van der Waals surface area contributed by atoms with Gasteiger partial charge in [-0.1, -0.05) is 32.0 Å². The number of hydrogen-bond acceptors (Lipinski definition) is 5. The molecule has 5 heteroatoms. The maximum atomic E-state index is 13.0. The van der Waals surface area contributed by atoms with Crippen LogP contribution in [0.5, 0.6) is 5.75 Å². The highest BCUT2D eigenvalue weighted by Crippen LogP contribution is 2.45. The van der Waals surface area contributed by atoms with E-state index in [1.165, 1.54) is 0 Å². The normalized spacial score (nSPS) is 21.8. The largest absolute Gasteiger partial charge is 0.493 e. The molecule has 1 aliphatic carbocycles. The SMILES string of the molecule is CCCOC(=O)C1=C(C)N=C2CCCC(=O)C2C1c1ccccc1OCCC. The maximum absolute atomic E-state index is 13.0. The van der Waals surface area contributed by atoms with Crippen LogP contribution >= 0.6 is 0 Å². The highest BCUT2D eigenvalue weighted by Gasteiger charge is 2.44. The number of para-hydroxylation sites is 1. The van der Waals surface area contributed by atoms with Crippen LogP contribution in [0.25, 0.3) is 0 Å². The van der Waals surface area contributed by atoms with Crippen LogP contribution in [-0.2, 0) is 14.3 Å². The molecule has 5 nitrogen and oxygen atoms in total. The topological polar surface area (TPSA) is 65.0 Å². The standard InChI is InChI=1S/C23H29NO4/c1-4-13-27-19-12-7-6-9-16(19)21-20(23(26)28-14-5-2)15(3)24-17-10-8-11-18(25)22(17)21/h6-7,9,12,21-22H,4-5,8,10-11,13-14H2,1-3H3. The Kier molecular flexibility index (Phi) is 6.65. The summed E-state index contributed by atoms with van der Waals surface area (Å²) in [4.78, 5) is 30.6. The molecule has 1 aromatic rings. The van der Waals surface area contributed by atoms with Crippen molar-refractivity contribution in [1.82, 2.24) is 0 Å². The zero-order valence-corrected chi connectivity index (χ0v) is 17.0. The molecule has 28 heavy (non-hydrogen) atoms. The van der Waals surface area contributed by atoms with Gasteiger partial charge in [0.25, 0.3) is 0 Å². The van der Waals surface area contributed by atoms with Gasteiger partial charge in [0.1, 0.15) is 11.5 Å². The fraction of sp³-hybridized carbons (Fsp3) is 0.522. The molecule has 0 aromatic heterocycles. The van der Waals surface area contributed by atoms with E-state index in [9.17, 15) is 9.59 Å². The van der Waals surface area contributed by atoms with Crippen molar-refractivity contribution in [3.05, 3.63) is 41.1 Å². The summed E-state index contributed by atoms with van der Waals surface area (Å²) >= 11 is 0. The summed E-state index contributed by atoms with van der Waals surface area (Å²) in [7, 11) is 0. The predicted molar refractivity (Wildman–Crippen MR) is 109 cm³/mol. The Bertz CT molecular complexity index is 809. The zero-order valence-electron chi connectivity index (χ0n) is 17.0. The lowest BCUT2D eigenvalue weighted by atomic mass is 9.69. The summed E-state index contributed by atoms with van der Waals surface area (Å²) in [5.74, 6) is -0.322.